The fraction of sp³-hybridized carbons (Fsp3) is 0.375. The lowest BCUT2D eigenvalue weighted by Crippen LogP contribution is -2.27. The van der Waals surface area contributed by atoms with Crippen LogP contribution in [0.1, 0.15) is 21.1 Å². The van der Waals surface area contributed by atoms with Crippen LogP contribution in [0.2, 0.25) is 0 Å². The number of likely N-dealkylation sites (N-methyl/N-ethyl adjacent to an activating group) is 1. The molecule has 2 aromatic rings. The van der Waals surface area contributed by atoms with Gasteiger partial charge in [0.15, 0.2) is 0 Å². The Balaban J connectivity index is 1.61. The van der Waals surface area contributed by atoms with Gasteiger partial charge >= 0.3 is 0 Å². The van der Waals surface area contributed by atoms with Crippen molar-refractivity contribution in [2.24, 2.45) is 0 Å². The summed E-state index contributed by atoms with van der Waals surface area (Å²) >= 11 is 1.67. The van der Waals surface area contributed by atoms with Gasteiger partial charge in [0, 0.05) is 38.0 Å². The Kier molecular flexibility index (Phi) is 4.31. The molecule has 2 heterocycles. The number of amides is 1. The maximum Gasteiger partial charge on any atom is 0.229 e. The Labute approximate surface area is 128 Å². The molecule has 3 rings (SSSR count). The van der Waals surface area contributed by atoms with Crippen LogP contribution in [0, 0.1) is 0 Å². The monoisotopic (exact) mass is 301 g/mol. The number of aromatic nitrogens is 1. The zero-order chi connectivity index (χ0) is 14.7. The first-order chi connectivity index (χ1) is 10.2. The van der Waals surface area contributed by atoms with Gasteiger partial charge in [-0.3, -0.25) is 4.79 Å². The number of nitrogens with zero attached hydrogens (tertiary/aromatic N) is 2. The lowest BCUT2D eigenvalue weighted by molar-refractivity contribution is -0.129. The third-order valence-corrected chi connectivity index (χ3v) is 4.74. The minimum Gasteiger partial charge on any atom is -0.341 e. The summed E-state index contributed by atoms with van der Waals surface area (Å²) in [7, 11) is 1.85. The summed E-state index contributed by atoms with van der Waals surface area (Å²) in [5.74, 6) is 0.123. The number of hydrogen-bond acceptors (Lipinski definition) is 4. The second-order valence-corrected chi connectivity index (χ2v) is 6.48. The molecule has 1 N–H and O–H groups in total. The van der Waals surface area contributed by atoms with Crippen molar-refractivity contribution in [2.45, 2.75) is 25.9 Å². The van der Waals surface area contributed by atoms with Crippen molar-refractivity contribution in [1.29, 1.82) is 0 Å². The standard InChI is InChI=1S/C16H19N3OS/c1-19(11-12-5-3-2-4-6-12)16(20)9-15-18-13-7-8-17-10-14(13)21-15/h2-6,17H,7-11H2,1H3. The lowest BCUT2D eigenvalue weighted by atomic mass is 10.2. The van der Waals surface area contributed by atoms with Crippen LogP contribution >= 0.6 is 11.3 Å². The van der Waals surface area contributed by atoms with Crippen LogP contribution in [0.15, 0.2) is 30.3 Å². The molecule has 1 aromatic carbocycles. The van der Waals surface area contributed by atoms with Gasteiger partial charge < -0.3 is 10.2 Å². The average Bonchev–Trinajstić information content (AvgIpc) is 2.90. The molecule has 21 heavy (non-hydrogen) atoms. The van der Waals surface area contributed by atoms with Gasteiger partial charge in [0.2, 0.25) is 5.91 Å². The first-order valence-corrected chi connectivity index (χ1v) is 8.00. The summed E-state index contributed by atoms with van der Waals surface area (Å²) in [5, 5.41) is 4.28. The van der Waals surface area contributed by atoms with Gasteiger partial charge in [0.1, 0.15) is 5.01 Å². The second-order valence-electron chi connectivity index (χ2n) is 5.32. The van der Waals surface area contributed by atoms with E-state index in [1.54, 1.807) is 16.2 Å². The summed E-state index contributed by atoms with van der Waals surface area (Å²) in [4.78, 5) is 20.0. The van der Waals surface area contributed by atoms with Crippen LogP contribution < -0.4 is 5.32 Å². The van der Waals surface area contributed by atoms with Gasteiger partial charge in [-0.05, 0) is 5.56 Å². The molecule has 0 fully saturated rings. The highest BCUT2D eigenvalue weighted by molar-refractivity contribution is 7.11. The number of fused-ring (bicyclic) bond motifs is 1. The molecule has 5 heteroatoms. The molecule has 1 aliphatic heterocycles. The van der Waals surface area contributed by atoms with E-state index in [1.165, 1.54) is 10.6 Å². The Bertz CT molecular complexity index is 600. The highest BCUT2D eigenvalue weighted by Crippen LogP contribution is 2.22. The minimum atomic E-state index is 0.123. The summed E-state index contributed by atoms with van der Waals surface area (Å²) < 4.78 is 0. The number of carbonyl (C=O) groups excluding carboxylic acids is 1. The smallest absolute Gasteiger partial charge is 0.229 e. The predicted molar refractivity (Wildman–Crippen MR) is 84.1 cm³/mol. The molecular weight excluding hydrogens is 282 g/mol. The van der Waals surface area contributed by atoms with Crippen molar-refractivity contribution in [3.05, 3.63) is 51.5 Å². The fourth-order valence-corrected chi connectivity index (χ4v) is 3.54. The van der Waals surface area contributed by atoms with E-state index in [0.717, 1.165) is 30.1 Å². The molecule has 0 bridgehead atoms. The molecule has 1 amide bonds. The van der Waals surface area contributed by atoms with E-state index in [9.17, 15) is 4.79 Å². The summed E-state index contributed by atoms with van der Waals surface area (Å²) in [5.41, 5.74) is 2.32. The molecule has 0 unspecified atom stereocenters. The van der Waals surface area contributed by atoms with Gasteiger partial charge in [-0.2, -0.15) is 0 Å². The highest BCUT2D eigenvalue weighted by Gasteiger charge is 2.18. The quantitative estimate of drug-likeness (QED) is 0.939. The van der Waals surface area contributed by atoms with E-state index >= 15 is 0 Å². The SMILES string of the molecule is CN(Cc1ccccc1)C(=O)Cc1nc2c(s1)CNCC2. The zero-order valence-electron chi connectivity index (χ0n) is 12.1. The van der Waals surface area contributed by atoms with Crippen molar-refractivity contribution in [2.75, 3.05) is 13.6 Å². The van der Waals surface area contributed by atoms with E-state index in [1.807, 2.05) is 37.4 Å². The molecule has 0 aliphatic carbocycles. The van der Waals surface area contributed by atoms with E-state index < -0.39 is 0 Å². The second kappa shape index (κ2) is 6.37. The largest absolute Gasteiger partial charge is 0.341 e. The van der Waals surface area contributed by atoms with Crippen LogP contribution in [-0.4, -0.2) is 29.4 Å². The van der Waals surface area contributed by atoms with E-state index in [0.29, 0.717) is 13.0 Å². The molecule has 1 aromatic heterocycles. The highest BCUT2D eigenvalue weighted by atomic mass is 32.1. The molecule has 1 aliphatic rings. The van der Waals surface area contributed by atoms with Crippen LogP contribution in [0.4, 0.5) is 0 Å². The Morgan fingerprint density at radius 1 is 1.38 bits per heavy atom. The maximum absolute atomic E-state index is 12.3. The van der Waals surface area contributed by atoms with E-state index in [2.05, 4.69) is 10.3 Å². The first kappa shape index (κ1) is 14.2. The molecule has 0 spiro atoms. The van der Waals surface area contributed by atoms with Crippen molar-refractivity contribution in [3.63, 3.8) is 0 Å². The summed E-state index contributed by atoms with van der Waals surface area (Å²) in [6, 6.07) is 10.1. The number of carbonyl (C=O) groups is 1. The Morgan fingerprint density at radius 3 is 2.95 bits per heavy atom. The molecular formula is C16H19N3OS. The van der Waals surface area contributed by atoms with Gasteiger partial charge in [0.25, 0.3) is 0 Å². The third-order valence-electron chi connectivity index (χ3n) is 3.64. The number of rotatable bonds is 4. The third kappa shape index (κ3) is 3.49. The van der Waals surface area contributed by atoms with E-state index in [-0.39, 0.29) is 5.91 Å². The number of nitrogens with one attached hydrogen (secondary N) is 1. The molecule has 0 atom stereocenters. The maximum atomic E-state index is 12.3. The predicted octanol–water partition coefficient (Wildman–Crippen LogP) is 1.99. The number of benzene rings is 1. The molecule has 4 nitrogen and oxygen atoms in total. The molecule has 0 saturated carbocycles. The molecule has 0 radical (unpaired) electrons. The molecule has 0 saturated heterocycles. The zero-order valence-corrected chi connectivity index (χ0v) is 12.9. The summed E-state index contributed by atoms with van der Waals surface area (Å²) in [6.45, 7) is 2.52. The van der Waals surface area contributed by atoms with Gasteiger partial charge in [0.05, 0.1) is 12.1 Å². The van der Waals surface area contributed by atoms with Gasteiger partial charge in [-0.15, -0.1) is 11.3 Å². The van der Waals surface area contributed by atoms with Gasteiger partial charge in [-0.1, -0.05) is 30.3 Å². The first-order valence-electron chi connectivity index (χ1n) is 7.18. The van der Waals surface area contributed by atoms with Crippen LogP contribution in [0.5, 0.6) is 0 Å². The fourth-order valence-electron chi connectivity index (χ4n) is 2.46. The minimum absolute atomic E-state index is 0.123. The van der Waals surface area contributed by atoms with Crippen molar-refractivity contribution < 1.29 is 4.79 Å². The Hall–Kier alpha value is -1.72. The summed E-state index contributed by atoms with van der Waals surface area (Å²) in [6.07, 6.45) is 1.38. The number of thiazole rings is 1. The van der Waals surface area contributed by atoms with Crippen LogP contribution in [0.3, 0.4) is 0 Å². The van der Waals surface area contributed by atoms with Gasteiger partial charge in [-0.25, -0.2) is 4.98 Å². The van der Waals surface area contributed by atoms with Crippen LogP contribution in [-0.2, 0) is 30.7 Å². The normalized spacial score (nSPS) is 13.8. The van der Waals surface area contributed by atoms with Crippen molar-refractivity contribution in [3.8, 4) is 0 Å². The topological polar surface area (TPSA) is 45.2 Å². The average molecular weight is 301 g/mol. The van der Waals surface area contributed by atoms with E-state index in [4.69, 9.17) is 0 Å². The Morgan fingerprint density at radius 2 is 2.19 bits per heavy atom. The van der Waals surface area contributed by atoms with Crippen LogP contribution in [0.25, 0.3) is 0 Å². The van der Waals surface area contributed by atoms with Crippen molar-refractivity contribution in [1.82, 2.24) is 15.2 Å². The molecule has 110 valence electrons. The lowest BCUT2D eigenvalue weighted by Gasteiger charge is -2.16. The number of hydrogen-bond donors (Lipinski definition) is 1. The van der Waals surface area contributed by atoms with Crippen molar-refractivity contribution >= 4 is 17.2 Å².